The largest absolute Gasteiger partial charge is 0.486 e. The summed E-state index contributed by atoms with van der Waals surface area (Å²) < 4.78 is 12.9. The molecule has 1 N–H and O–H groups in total. The Kier molecular flexibility index (Phi) is 5.36. The first-order valence-corrected chi connectivity index (χ1v) is 10.2. The van der Waals surface area contributed by atoms with Gasteiger partial charge in [0.2, 0.25) is 5.91 Å². The molecule has 0 saturated heterocycles. The first kappa shape index (κ1) is 19.6. The van der Waals surface area contributed by atoms with Crippen LogP contribution in [0.4, 0.5) is 5.69 Å². The Morgan fingerprint density at radius 1 is 1.00 bits per heavy atom. The summed E-state index contributed by atoms with van der Waals surface area (Å²) in [6.07, 6.45) is 8.61. The Labute approximate surface area is 184 Å². The number of anilines is 1. The quantitative estimate of drug-likeness (QED) is 0.482. The molecule has 7 nitrogen and oxygen atoms in total. The maximum absolute atomic E-state index is 12.6. The first-order chi connectivity index (χ1) is 15.8. The van der Waals surface area contributed by atoms with E-state index in [9.17, 15) is 4.79 Å². The topological polar surface area (TPSA) is 78.3 Å². The van der Waals surface area contributed by atoms with E-state index in [0.717, 1.165) is 22.5 Å². The van der Waals surface area contributed by atoms with Crippen molar-refractivity contribution in [3.05, 3.63) is 90.9 Å². The van der Waals surface area contributed by atoms with Gasteiger partial charge in [-0.05, 0) is 42.5 Å². The van der Waals surface area contributed by atoms with Crippen molar-refractivity contribution in [2.75, 3.05) is 18.5 Å². The minimum Gasteiger partial charge on any atom is -0.486 e. The average molecular weight is 424 g/mol. The SMILES string of the molecule is O=C(/C=C/c1cn(-c2ccccc2)nc1-c1cccnc1)Nc1ccc2c(c1)OCCO2. The van der Waals surface area contributed by atoms with Gasteiger partial charge in [-0.15, -0.1) is 0 Å². The molecule has 0 aliphatic carbocycles. The molecular formula is C25H20N4O3. The number of aromatic nitrogens is 3. The monoisotopic (exact) mass is 424 g/mol. The fourth-order valence-corrected chi connectivity index (χ4v) is 3.42. The van der Waals surface area contributed by atoms with Crippen LogP contribution in [0, 0.1) is 0 Å². The number of nitrogens with one attached hydrogen (secondary N) is 1. The number of benzene rings is 2. The van der Waals surface area contributed by atoms with Crippen LogP contribution in [0.1, 0.15) is 5.56 Å². The van der Waals surface area contributed by atoms with Crippen molar-refractivity contribution < 1.29 is 14.3 Å². The maximum Gasteiger partial charge on any atom is 0.248 e. The van der Waals surface area contributed by atoms with Gasteiger partial charge in [-0.1, -0.05) is 18.2 Å². The van der Waals surface area contributed by atoms with Crippen LogP contribution >= 0.6 is 0 Å². The molecule has 0 spiro atoms. The molecule has 0 fully saturated rings. The molecule has 0 radical (unpaired) electrons. The van der Waals surface area contributed by atoms with E-state index in [4.69, 9.17) is 14.6 Å². The highest BCUT2D eigenvalue weighted by atomic mass is 16.6. The molecule has 1 amide bonds. The van der Waals surface area contributed by atoms with Crippen molar-refractivity contribution in [3.63, 3.8) is 0 Å². The van der Waals surface area contributed by atoms with Gasteiger partial charge in [0, 0.05) is 47.5 Å². The van der Waals surface area contributed by atoms with Gasteiger partial charge in [0.1, 0.15) is 18.9 Å². The van der Waals surface area contributed by atoms with Crippen LogP contribution in [-0.2, 0) is 4.79 Å². The third-order valence-corrected chi connectivity index (χ3v) is 4.92. The summed E-state index contributed by atoms with van der Waals surface area (Å²) >= 11 is 0. The van der Waals surface area contributed by atoms with Gasteiger partial charge in [-0.25, -0.2) is 4.68 Å². The van der Waals surface area contributed by atoms with Gasteiger partial charge in [0.25, 0.3) is 0 Å². The van der Waals surface area contributed by atoms with Crippen LogP contribution in [0.25, 0.3) is 23.0 Å². The van der Waals surface area contributed by atoms with Crippen molar-refractivity contribution >= 4 is 17.7 Å². The first-order valence-electron chi connectivity index (χ1n) is 10.2. The molecule has 32 heavy (non-hydrogen) atoms. The Hall–Kier alpha value is -4.39. The molecule has 0 bridgehead atoms. The average Bonchev–Trinajstić information content (AvgIpc) is 3.28. The second-order valence-corrected chi connectivity index (χ2v) is 7.14. The van der Waals surface area contributed by atoms with Crippen molar-refractivity contribution in [1.29, 1.82) is 0 Å². The van der Waals surface area contributed by atoms with Crippen molar-refractivity contribution in [1.82, 2.24) is 14.8 Å². The highest BCUT2D eigenvalue weighted by Gasteiger charge is 2.13. The number of pyridine rings is 1. The lowest BCUT2D eigenvalue weighted by molar-refractivity contribution is -0.111. The van der Waals surface area contributed by atoms with Gasteiger partial charge in [-0.3, -0.25) is 9.78 Å². The van der Waals surface area contributed by atoms with Crippen LogP contribution in [0.5, 0.6) is 11.5 Å². The van der Waals surface area contributed by atoms with Crippen LogP contribution in [0.3, 0.4) is 0 Å². The normalized spacial score (nSPS) is 12.6. The van der Waals surface area contributed by atoms with Crippen LogP contribution in [0.15, 0.2) is 85.3 Å². The second-order valence-electron chi connectivity index (χ2n) is 7.14. The Morgan fingerprint density at radius 3 is 2.66 bits per heavy atom. The molecule has 1 aliphatic rings. The highest BCUT2D eigenvalue weighted by molar-refractivity contribution is 6.02. The third kappa shape index (κ3) is 4.22. The molecule has 0 atom stereocenters. The zero-order chi connectivity index (χ0) is 21.8. The standard InChI is InChI=1S/C25H20N4O3/c30-24(27-20-9-10-22-23(15-20)32-14-13-31-22)11-8-19-17-29(21-6-2-1-3-7-21)28-25(19)18-5-4-12-26-16-18/h1-12,15-17H,13-14H2,(H,27,30)/b11-8+. The predicted octanol–water partition coefficient (Wildman–Crippen LogP) is 4.36. The van der Waals surface area contributed by atoms with Gasteiger partial charge < -0.3 is 14.8 Å². The summed E-state index contributed by atoms with van der Waals surface area (Å²) in [7, 11) is 0. The lowest BCUT2D eigenvalue weighted by Gasteiger charge is -2.18. The Bertz CT molecular complexity index is 1270. The van der Waals surface area contributed by atoms with E-state index in [1.165, 1.54) is 6.08 Å². The number of carbonyl (C=O) groups is 1. The Balaban J connectivity index is 1.40. The summed E-state index contributed by atoms with van der Waals surface area (Å²) in [5, 5.41) is 7.58. The van der Waals surface area contributed by atoms with E-state index in [-0.39, 0.29) is 5.91 Å². The molecule has 0 saturated carbocycles. The zero-order valence-electron chi connectivity index (χ0n) is 17.1. The highest BCUT2D eigenvalue weighted by Crippen LogP contribution is 2.32. The van der Waals surface area contributed by atoms with E-state index < -0.39 is 0 Å². The molecule has 3 heterocycles. The number of fused-ring (bicyclic) bond motifs is 1. The van der Waals surface area contributed by atoms with Crippen LogP contribution < -0.4 is 14.8 Å². The molecule has 2 aromatic heterocycles. The molecule has 5 rings (SSSR count). The number of amides is 1. The molecule has 7 heteroatoms. The molecule has 4 aromatic rings. The number of carbonyl (C=O) groups excluding carboxylic acids is 1. The van der Waals surface area contributed by atoms with Gasteiger partial charge >= 0.3 is 0 Å². The fourth-order valence-electron chi connectivity index (χ4n) is 3.42. The molecule has 158 valence electrons. The molecule has 0 unspecified atom stereocenters. The minimum atomic E-state index is -0.258. The van der Waals surface area contributed by atoms with Gasteiger partial charge in [0.05, 0.1) is 5.69 Å². The van der Waals surface area contributed by atoms with Crippen molar-refractivity contribution in [2.45, 2.75) is 0 Å². The van der Waals surface area contributed by atoms with E-state index in [2.05, 4.69) is 10.3 Å². The lowest BCUT2D eigenvalue weighted by atomic mass is 10.1. The number of hydrogen-bond donors (Lipinski definition) is 1. The predicted molar refractivity (Wildman–Crippen MR) is 122 cm³/mol. The molecule has 2 aromatic carbocycles. The smallest absolute Gasteiger partial charge is 0.248 e. The summed E-state index contributed by atoms with van der Waals surface area (Å²) in [6.45, 7) is 1.02. The number of para-hydroxylation sites is 1. The third-order valence-electron chi connectivity index (χ3n) is 4.92. The summed E-state index contributed by atoms with van der Waals surface area (Å²) in [4.78, 5) is 16.8. The number of hydrogen-bond acceptors (Lipinski definition) is 5. The number of rotatable bonds is 5. The van der Waals surface area contributed by atoms with E-state index in [1.54, 1.807) is 41.4 Å². The summed E-state index contributed by atoms with van der Waals surface area (Å²) in [5.74, 6) is 1.05. The fraction of sp³-hybridized carbons (Fsp3) is 0.0800. The summed E-state index contributed by atoms with van der Waals surface area (Å²) in [5.41, 5.74) is 3.98. The van der Waals surface area contributed by atoms with Gasteiger partial charge in [0.15, 0.2) is 11.5 Å². The van der Waals surface area contributed by atoms with E-state index in [0.29, 0.717) is 30.4 Å². The lowest BCUT2D eigenvalue weighted by Crippen LogP contribution is -2.16. The van der Waals surface area contributed by atoms with Crippen LogP contribution in [-0.4, -0.2) is 33.9 Å². The molecule has 1 aliphatic heterocycles. The number of nitrogens with zero attached hydrogens (tertiary/aromatic N) is 3. The minimum absolute atomic E-state index is 0.258. The zero-order valence-corrected chi connectivity index (χ0v) is 17.1. The van der Waals surface area contributed by atoms with Gasteiger partial charge in [-0.2, -0.15) is 5.10 Å². The second kappa shape index (κ2) is 8.77. The summed E-state index contributed by atoms with van der Waals surface area (Å²) in [6, 6.07) is 19.0. The molecular weight excluding hydrogens is 404 g/mol. The van der Waals surface area contributed by atoms with Crippen molar-refractivity contribution in [2.24, 2.45) is 0 Å². The Morgan fingerprint density at radius 2 is 1.84 bits per heavy atom. The van der Waals surface area contributed by atoms with Crippen molar-refractivity contribution in [3.8, 4) is 28.4 Å². The van der Waals surface area contributed by atoms with E-state index >= 15 is 0 Å². The number of ether oxygens (including phenoxy) is 2. The van der Waals surface area contributed by atoms with E-state index in [1.807, 2.05) is 48.7 Å². The van der Waals surface area contributed by atoms with Crippen LogP contribution in [0.2, 0.25) is 0 Å². The maximum atomic E-state index is 12.6.